The van der Waals surface area contributed by atoms with Gasteiger partial charge in [0.15, 0.2) is 0 Å². The van der Waals surface area contributed by atoms with E-state index in [1.54, 1.807) is 0 Å². The molecule has 1 aliphatic rings. The van der Waals surface area contributed by atoms with Crippen LogP contribution in [-0.4, -0.2) is 0 Å². The van der Waals surface area contributed by atoms with Crippen LogP contribution in [0.15, 0.2) is 42.5 Å². The Kier molecular flexibility index (Phi) is 5.92. The average molecular weight is 332 g/mol. The number of rotatable bonds is 5. The fourth-order valence-electron chi connectivity index (χ4n) is 4.31. The highest BCUT2D eigenvalue weighted by Gasteiger charge is 2.21. The molecule has 2 aromatic carbocycles. The molecule has 3 rings (SSSR count). The molecule has 0 saturated heterocycles. The van der Waals surface area contributed by atoms with Gasteiger partial charge in [-0.1, -0.05) is 63.1 Å². The van der Waals surface area contributed by atoms with Crippen molar-refractivity contribution in [2.45, 2.75) is 64.7 Å². The summed E-state index contributed by atoms with van der Waals surface area (Å²) >= 11 is 0. The van der Waals surface area contributed by atoms with Crippen LogP contribution in [0.4, 0.5) is 0 Å². The number of benzene rings is 2. The van der Waals surface area contributed by atoms with Crippen LogP contribution in [0.3, 0.4) is 0 Å². The van der Waals surface area contributed by atoms with Crippen LogP contribution in [0.1, 0.15) is 75.0 Å². The largest absolute Gasteiger partial charge is 0.192 e. The molecule has 0 bridgehead atoms. The van der Waals surface area contributed by atoms with Gasteiger partial charge < -0.3 is 0 Å². The van der Waals surface area contributed by atoms with Crippen LogP contribution in [0.25, 0.3) is 11.1 Å². The molecule has 0 radical (unpaired) electrons. The van der Waals surface area contributed by atoms with Gasteiger partial charge in [0.2, 0.25) is 0 Å². The highest BCUT2D eigenvalue weighted by atomic mass is 14.3. The summed E-state index contributed by atoms with van der Waals surface area (Å²) in [6.07, 6.45) is 9.10. The monoisotopic (exact) mass is 331 g/mol. The van der Waals surface area contributed by atoms with Crippen LogP contribution < -0.4 is 0 Å². The summed E-state index contributed by atoms with van der Waals surface area (Å²) in [7, 11) is 0. The molecule has 0 heterocycles. The molecule has 130 valence electrons. The van der Waals surface area contributed by atoms with E-state index in [2.05, 4.69) is 56.3 Å². The number of nitrogens with zero attached hydrogens (tertiary/aromatic N) is 1. The topological polar surface area (TPSA) is 23.8 Å². The quantitative estimate of drug-likeness (QED) is 0.587. The lowest BCUT2D eigenvalue weighted by atomic mass is 9.77. The summed E-state index contributed by atoms with van der Waals surface area (Å²) in [4.78, 5) is 0. The van der Waals surface area contributed by atoms with E-state index >= 15 is 0 Å². The predicted octanol–water partition coefficient (Wildman–Crippen LogP) is 6.86. The van der Waals surface area contributed by atoms with Gasteiger partial charge in [0, 0.05) is 0 Å². The fraction of sp³-hybridized carbons (Fsp3) is 0.458. The van der Waals surface area contributed by atoms with Crippen LogP contribution in [0.5, 0.6) is 0 Å². The molecule has 0 atom stereocenters. The first kappa shape index (κ1) is 17.7. The van der Waals surface area contributed by atoms with Crippen LogP contribution in [-0.2, 0) is 6.42 Å². The minimum Gasteiger partial charge on any atom is -0.192 e. The number of hydrogen-bond donors (Lipinski definition) is 0. The zero-order chi connectivity index (χ0) is 17.6. The van der Waals surface area contributed by atoms with E-state index in [1.807, 2.05) is 6.07 Å². The normalized spacial score (nSPS) is 20.2. The second-order valence-electron chi connectivity index (χ2n) is 7.47. The summed E-state index contributed by atoms with van der Waals surface area (Å²) in [6, 6.07) is 17.7. The summed E-state index contributed by atoms with van der Waals surface area (Å²) in [5.41, 5.74) is 5.78. The Morgan fingerprint density at radius 2 is 1.60 bits per heavy atom. The lowest BCUT2D eigenvalue weighted by molar-refractivity contribution is 0.308. The van der Waals surface area contributed by atoms with Crippen molar-refractivity contribution >= 4 is 0 Å². The molecule has 1 heteroatoms. The third kappa shape index (κ3) is 4.13. The molecule has 25 heavy (non-hydrogen) atoms. The first-order chi connectivity index (χ1) is 12.2. The third-order valence-electron chi connectivity index (χ3n) is 5.87. The van der Waals surface area contributed by atoms with Crippen LogP contribution >= 0.6 is 0 Å². The second kappa shape index (κ2) is 8.34. The van der Waals surface area contributed by atoms with Crippen molar-refractivity contribution in [3.63, 3.8) is 0 Å². The lowest BCUT2D eigenvalue weighted by Crippen LogP contribution is -2.13. The molecule has 2 aromatic rings. The Hall–Kier alpha value is -2.07. The summed E-state index contributed by atoms with van der Waals surface area (Å²) in [6.45, 7) is 4.40. The molecule has 1 aliphatic carbocycles. The summed E-state index contributed by atoms with van der Waals surface area (Å²) in [5, 5.41) is 9.34. The van der Waals surface area contributed by atoms with Crippen molar-refractivity contribution in [1.29, 1.82) is 5.26 Å². The summed E-state index contributed by atoms with van der Waals surface area (Å²) in [5.74, 6) is 1.70. The SMILES string of the molecule is CCCC1CCC(c2ccc(-c3ccc(CC)c(C#N)c3)cc2)CC1. The van der Waals surface area contributed by atoms with Crippen molar-refractivity contribution in [2.75, 3.05) is 0 Å². The van der Waals surface area contributed by atoms with E-state index in [9.17, 15) is 5.26 Å². The van der Waals surface area contributed by atoms with E-state index in [-0.39, 0.29) is 0 Å². The van der Waals surface area contributed by atoms with Crippen molar-refractivity contribution < 1.29 is 0 Å². The van der Waals surface area contributed by atoms with Gasteiger partial charge in [-0.3, -0.25) is 0 Å². The van der Waals surface area contributed by atoms with E-state index < -0.39 is 0 Å². The zero-order valence-electron chi connectivity index (χ0n) is 15.6. The average Bonchev–Trinajstić information content (AvgIpc) is 2.68. The number of hydrogen-bond acceptors (Lipinski definition) is 1. The molecule has 0 amide bonds. The fourth-order valence-corrected chi connectivity index (χ4v) is 4.31. The van der Waals surface area contributed by atoms with E-state index in [0.717, 1.165) is 34.9 Å². The Morgan fingerprint density at radius 1 is 0.920 bits per heavy atom. The maximum Gasteiger partial charge on any atom is 0.0994 e. The molecule has 0 aromatic heterocycles. The van der Waals surface area contributed by atoms with E-state index in [0.29, 0.717) is 0 Å². The van der Waals surface area contributed by atoms with E-state index in [4.69, 9.17) is 0 Å². The maximum absolute atomic E-state index is 9.34. The first-order valence-corrected chi connectivity index (χ1v) is 9.88. The van der Waals surface area contributed by atoms with E-state index in [1.165, 1.54) is 49.7 Å². The Labute approximate surface area is 152 Å². The third-order valence-corrected chi connectivity index (χ3v) is 5.87. The van der Waals surface area contributed by atoms with Gasteiger partial charge in [-0.05, 0) is 72.3 Å². The van der Waals surface area contributed by atoms with Crippen molar-refractivity contribution in [3.8, 4) is 17.2 Å². The second-order valence-corrected chi connectivity index (χ2v) is 7.47. The summed E-state index contributed by atoms with van der Waals surface area (Å²) < 4.78 is 0. The molecule has 0 N–H and O–H groups in total. The smallest absolute Gasteiger partial charge is 0.0994 e. The maximum atomic E-state index is 9.34. The molecular weight excluding hydrogens is 302 g/mol. The van der Waals surface area contributed by atoms with Gasteiger partial charge in [0.25, 0.3) is 0 Å². The van der Waals surface area contributed by atoms with Crippen molar-refractivity contribution in [1.82, 2.24) is 0 Å². The molecule has 1 saturated carbocycles. The first-order valence-electron chi connectivity index (χ1n) is 9.88. The molecule has 1 nitrogen and oxygen atoms in total. The van der Waals surface area contributed by atoms with Gasteiger partial charge in [-0.2, -0.15) is 5.26 Å². The minimum absolute atomic E-state index is 0.735. The van der Waals surface area contributed by atoms with Gasteiger partial charge in [0.05, 0.1) is 11.6 Å². The highest BCUT2D eigenvalue weighted by molar-refractivity contribution is 5.66. The van der Waals surface area contributed by atoms with Gasteiger partial charge >= 0.3 is 0 Å². The van der Waals surface area contributed by atoms with Gasteiger partial charge in [0.1, 0.15) is 0 Å². The van der Waals surface area contributed by atoms with Crippen LogP contribution in [0, 0.1) is 17.2 Å². The van der Waals surface area contributed by atoms with Crippen molar-refractivity contribution in [3.05, 3.63) is 59.2 Å². The Bertz CT molecular complexity index is 728. The molecule has 1 fully saturated rings. The van der Waals surface area contributed by atoms with Crippen molar-refractivity contribution in [2.24, 2.45) is 5.92 Å². The molecule has 0 aliphatic heterocycles. The molecule has 0 unspecified atom stereocenters. The van der Waals surface area contributed by atoms with Gasteiger partial charge in [-0.15, -0.1) is 0 Å². The standard InChI is InChI=1S/C24H29N/c1-3-5-18-6-8-20(9-7-18)21-11-13-22(14-12-21)23-15-10-19(4-2)24(16-23)17-25/h10-16,18,20H,3-9H2,1-2H3. The number of aryl methyl sites for hydroxylation is 1. The lowest BCUT2D eigenvalue weighted by Gasteiger charge is -2.28. The zero-order valence-corrected chi connectivity index (χ0v) is 15.6. The Balaban J connectivity index is 1.72. The van der Waals surface area contributed by atoms with Crippen LogP contribution in [0.2, 0.25) is 0 Å². The van der Waals surface area contributed by atoms with Gasteiger partial charge in [-0.25, -0.2) is 0 Å². The minimum atomic E-state index is 0.735. The highest BCUT2D eigenvalue weighted by Crippen LogP contribution is 2.38. The molecular formula is C24H29N. The molecule has 0 spiro atoms. The predicted molar refractivity (Wildman–Crippen MR) is 106 cm³/mol. The number of nitriles is 1. The Morgan fingerprint density at radius 3 is 2.20 bits per heavy atom.